The predicted molar refractivity (Wildman–Crippen MR) is 65.2 cm³/mol. The van der Waals surface area contributed by atoms with Gasteiger partial charge in [-0.25, -0.2) is 0 Å². The molecule has 1 aromatic heterocycles. The number of aliphatic hydroxyl groups is 1. The van der Waals surface area contributed by atoms with Gasteiger partial charge < -0.3 is 15.0 Å². The second kappa shape index (κ2) is 5.02. The number of aryl methyl sites for hydroxylation is 1. The largest absolute Gasteiger partial charge is 0.394 e. The lowest BCUT2D eigenvalue weighted by Crippen LogP contribution is -2.45. The molecular weight excluding hydrogens is 200 g/mol. The zero-order valence-corrected chi connectivity index (χ0v) is 10.1. The summed E-state index contributed by atoms with van der Waals surface area (Å²) in [6.45, 7) is 4.30. The fraction of sp³-hybridized carbons (Fsp3) is 0.692. The van der Waals surface area contributed by atoms with Gasteiger partial charge in [-0.3, -0.25) is 0 Å². The van der Waals surface area contributed by atoms with E-state index in [-0.39, 0.29) is 12.1 Å². The zero-order chi connectivity index (χ0) is 11.4. The summed E-state index contributed by atoms with van der Waals surface area (Å²) in [5, 5.41) is 13.0. The third-order valence-electron chi connectivity index (χ3n) is 3.71. The molecule has 0 bridgehead atoms. The van der Waals surface area contributed by atoms with Crippen molar-refractivity contribution in [1.82, 2.24) is 9.88 Å². The SMILES string of the molecule is CCn1ccc(CNC2(CO)CCCC2)c1. The Morgan fingerprint density at radius 1 is 1.44 bits per heavy atom. The van der Waals surface area contributed by atoms with Gasteiger partial charge in [0, 0.05) is 31.0 Å². The Kier molecular flexibility index (Phi) is 3.66. The van der Waals surface area contributed by atoms with Crippen molar-refractivity contribution < 1.29 is 5.11 Å². The first kappa shape index (κ1) is 11.7. The maximum atomic E-state index is 9.48. The monoisotopic (exact) mass is 222 g/mol. The summed E-state index contributed by atoms with van der Waals surface area (Å²) in [6, 6.07) is 2.15. The van der Waals surface area contributed by atoms with E-state index in [0.29, 0.717) is 0 Å². The second-order valence-electron chi connectivity index (χ2n) is 4.85. The Bertz CT molecular complexity index is 326. The number of hydrogen-bond donors (Lipinski definition) is 2. The molecule has 1 heterocycles. The Hall–Kier alpha value is -0.800. The molecule has 0 unspecified atom stereocenters. The number of nitrogens with zero attached hydrogens (tertiary/aromatic N) is 1. The predicted octanol–water partition coefficient (Wildman–Crippen LogP) is 1.90. The highest BCUT2D eigenvalue weighted by molar-refractivity contribution is 5.11. The first-order chi connectivity index (χ1) is 7.78. The van der Waals surface area contributed by atoms with Crippen LogP contribution in [0.25, 0.3) is 0 Å². The average molecular weight is 222 g/mol. The first-order valence-electron chi connectivity index (χ1n) is 6.28. The van der Waals surface area contributed by atoms with Gasteiger partial charge in [0.25, 0.3) is 0 Å². The molecule has 1 fully saturated rings. The fourth-order valence-electron chi connectivity index (χ4n) is 2.52. The molecule has 0 radical (unpaired) electrons. The molecule has 2 rings (SSSR count). The Morgan fingerprint density at radius 3 is 2.75 bits per heavy atom. The molecule has 0 amide bonds. The molecule has 0 saturated heterocycles. The van der Waals surface area contributed by atoms with E-state index in [2.05, 4.69) is 35.3 Å². The smallest absolute Gasteiger partial charge is 0.0613 e. The van der Waals surface area contributed by atoms with Crippen molar-refractivity contribution in [3.05, 3.63) is 24.0 Å². The van der Waals surface area contributed by atoms with Crippen molar-refractivity contribution in [2.24, 2.45) is 0 Å². The van der Waals surface area contributed by atoms with Crippen LogP contribution in [0.1, 0.15) is 38.2 Å². The van der Waals surface area contributed by atoms with Crippen LogP contribution in [-0.2, 0) is 13.1 Å². The number of nitrogens with one attached hydrogen (secondary N) is 1. The lowest BCUT2D eigenvalue weighted by atomic mass is 9.99. The van der Waals surface area contributed by atoms with Crippen molar-refractivity contribution in [2.45, 2.75) is 51.2 Å². The molecule has 0 aromatic carbocycles. The standard InChI is InChI=1S/C13H22N2O/c1-2-15-8-5-12(10-15)9-14-13(11-16)6-3-4-7-13/h5,8,10,14,16H,2-4,6-7,9,11H2,1H3. The summed E-state index contributed by atoms with van der Waals surface area (Å²) in [4.78, 5) is 0. The molecule has 2 N–H and O–H groups in total. The normalized spacial score (nSPS) is 19.1. The Labute approximate surface area is 97.5 Å². The van der Waals surface area contributed by atoms with Gasteiger partial charge in [-0.05, 0) is 31.4 Å². The van der Waals surface area contributed by atoms with E-state index in [1.54, 1.807) is 0 Å². The molecule has 1 aromatic rings. The molecule has 16 heavy (non-hydrogen) atoms. The van der Waals surface area contributed by atoms with E-state index >= 15 is 0 Å². The number of aliphatic hydroxyl groups excluding tert-OH is 1. The highest BCUT2D eigenvalue weighted by Gasteiger charge is 2.32. The number of rotatable bonds is 5. The number of aromatic nitrogens is 1. The molecule has 90 valence electrons. The minimum absolute atomic E-state index is 0.00564. The Balaban J connectivity index is 1.90. The van der Waals surface area contributed by atoms with Crippen LogP contribution in [0.4, 0.5) is 0 Å². The van der Waals surface area contributed by atoms with Crippen LogP contribution in [-0.4, -0.2) is 21.8 Å². The minimum atomic E-state index is -0.00564. The van der Waals surface area contributed by atoms with E-state index < -0.39 is 0 Å². The topological polar surface area (TPSA) is 37.2 Å². The van der Waals surface area contributed by atoms with Crippen LogP contribution in [0.5, 0.6) is 0 Å². The quantitative estimate of drug-likeness (QED) is 0.798. The van der Waals surface area contributed by atoms with E-state index in [4.69, 9.17) is 0 Å². The van der Waals surface area contributed by atoms with Crippen molar-refractivity contribution >= 4 is 0 Å². The van der Waals surface area contributed by atoms with Crippen molar-refractivity contribution in [2.75, 3.05) is 6.61 Å². The van der Waals surface area contributed by atoms with Crippen LogP contribution in [0.3, 0.4) is 0 Å². The summed E-state index contributed by atoms with van der Waals surface area (Å²) in [5.41, 5.74) is 1.30. The highest BCUT2D eigenvalue weighted by atomic mass is 16.3. The van der Waals surface area contributed by atoms with Gasteiger partial charge in [-0.1, -0.05) is 12.8 Å². The van der Waals surface area contributed by atoms with Gasteiger partial charge in [-0.2, -0.15) is 0 Å². The van der Waals surface area contributed by atoms with Gasteiger partial charge in [0.05, 0.1) is 6.61 Å². The van der Waals surface area contributed by atoms with E-state index in [1.807, 2.05) is 0 Å². The van der Waals surface area contributed by atoms with E-state index in [0.717, 1.165) is 25.9 Å². The van der Waals surface area contributed by atoms with Crippen molar-refractivity contribution in [3.8, 4) is 0 Å². The maximum absolute atomic E-state index is 9.48. The molecule has 0 spiro atoms. The molecule has 1 aliphatic rings. The van der Waals surface area contributed by atoms with Crippen LogP contribution in [0, 0.1) is 0 Å². The number of hydrogen-bond acceptors (Lipinski definition) is 2. The van der Waals surface area contributed by atoms with Crippen LogP contribution in [0.2, 0.25) is 0 Å². The maximum Gasteiger partial charge on any atom is 0.0613 e. The minimum Gasteiger partial charge on any atom is -0.394 e. The first-order valence-corrected chi connectivity index (χ1v) is 6.28. The highest BCUT2D eigenvalue weighted by Crippen LogP contribution is 2.29. The van der Waals surface area contributed by atoms with Crippen LogP contribution >= 0.6 is 0 Å². The fourth-order valence-corrected chi connectivity index (χ4v) is 2.52. The summed E-state index contributed by atoms with van der Waals surface area (Å²) in [5.74, 6) is 0. The lowest BCUT2D eigenvalue weighted by molar-refractivity contribution is 0.163. The van der Waals surface area contributed by atoms with Crippen molar-refractivity contribution in [1.29, 1.82) is 0 Å². The van der Waals surface area contributed by atoms with Gasteiger partial charge in [0.1, 0.15) is 0 Å². The van der Waals surface area contributed by atoms with E-state index in [1.165, 1.54) is 18.4 Å². The van der Waals surface area contributed by atoms with Crippen molar-refractivity contribution in [3.63, 3.8) is 0 Å². The molecule has 3 nitrogen and oxygen atoms in total. The molecule has 3 heteroatoms. The van der Waals surface area contributed by atoms with Gasteiger partial charge in [-0.15, -0.1) is 0 Å². The molecular formula is C13H22N2O. The molecule has 1 aliphatic carbocycles. The second-order valence-corrected chi connectivity index (χ2v) is 4.85. The van der Waals surface area contributed by atoms with Gasteiger partial charge >= 0.3 is 0 Å². The van der Waals surface area contributed by atoms with Crippen LogP contribution < -0.4 is 5.32 Å². The summed E-state index contributed by atoms with van der Waals surface area (Å²) < 4.78 is 2.18. The van der Waals surface area contributed by atoms with E-state index in [9.17, 15) is 5.11 Å². The third-order valence-corrected chi connectivity index (χ3v) is 3.71. The summed E-state index contributed by atoms with van der Waals surface area (Å²) in [6.07, 6.45) is 8.98. The third kappa shape index (κ3) is 2.47. The van der Waals surface area contributed by atoms with Gasteiger partial charge in [0.2, 0.25) is 0 Å². The zero-order valence-electron chi connectivity index (χ0n) is 10.1. The van der Waals surface area contributed by atoms with Gasteiger partial charge in [0.15, 0.2) is 0 Å². The van der Waals surface area contributed by atoms with Crippen LogP contribution in [0.15, 0.2) is 18.5 Å². The molecule has 0 atom stereocenters. The summed E-state index contributed by atoms with van der Waals surface area (Å²) >= 11 is 0. The molecule has 0 aliphatic heterocycles. The Morgan fingerprint density at radius 2 is 2.19 bits per heavy atom. The lowest BCUT2D eigenvalue weighted by Gasteiger charge is -2.27. The average Bonchev–Trinajstić information content (AvgIpc) is 2.96. The summed E-state index contributed by atoms with van der Waals surface area (Å²) in [7, 11) is 0. The molecule has 1 saturated carbocycles.